The van der Waals surface area contributed by atoms with E-state index in [1.807, 2.05) is 18.2 Å². The molecule has 1 aromatic heterocycles. The number of nitrogens with zero attached hydrogens (tertiary/aromatic N) is 2. The van der Waals surface area contributed by atoms with Crippen LogP contribution in [0.4, 0.5) is 0 Å². The topological polar surface area (TPSA) is 66.4 Å². The zero-order valence-corrected chi connectivity index (χ0v) is 9.52. The highest BCUT2D eigenvalue weighted by atomic mass is 16.3. The molecule has 0 saturated carbocycles. The normalized spacial score (nSPS) is 11.5. The fraction of sp³-hybridized carbons (Fsp3) is 0.154. The van der Waals surface area contributed by atoms with Crippen molar-refractivity contribution < 1.29 is 9.21 Å². The summed E-state index contributed by atoms with van der Waals surface area (Å²) in [5.74, 6) is 0.134. The number of carbonyl (C=O) groups is 1. The van der Waals surface area contributed by atoms with Crippen LogP contribution in [0.5, 0.6) is 0 Å². The fourth-order valence-corrected chi connectivity index (χ4v) is 1.69. The molecule has 0 fully saturated rings. The van der Waals surface area contributed by atoms with Crippen molar-refractivity contribution in [3.63, 3.8) is 0 Å². The van der Waals surface area contributed by atoms with E-state index in [4.69, 9.17) is 9.68 Å². The van der Waals surface area contributed by atoms with Crippen LogP contribution in [0, 0.1) is 18.3 Å². The molecule has 0 spiro atoms. The summed E-state index contributed by atoms with van der Waals surface area (Å²) in [7, 11) is 0. The number of rotatable bonds is 0. The minimum absolute atomic E-state index is 0.254. The summed E-state index contributed by atoms with van der Waals surface area (Å²) in [4.78, 5) is 14.8. The second-order valence-electron chi connectivity index (χ2n) is 3.63. The van der Waals surface area contributed by atoms with E-state index >= 15 is 0 Å². The first kappa shape index (κ1) is 11.1. The first-order valence-corrected chi connectivity index (χ1v) is 5.11. The highest BCUT2D eigenvalue weighted by molar-refractivity contribution is 5.87. The average Bonchev–Trinajstić information content (AvgIpc) is 2.28. The zero-order valence-electron chi connectivity index (χ0n) is 9.52. The highest BCUT2D eigenvalue weighted by Crippen LogP contribution is 2.17. The van der Waals surface area contributed by atoms with Crippen LogP contribution in [-0.2, 0) is 4.79 Å². The van der Waals surface area contributed by atoms with Crippen LogP contribution in [0.1, 0.15) is 18.2 Å². The van der Waals surface area contributed by atoms with Crippen molar-refractivity contribution in [1.82, 2.24) is 0 Å². The maximum atomic E-state index is 11.0. The first-order valence-electron chi connectivity index (χ1n) is 5.11. The molecule has 0 aliphatic carbocycles. The zero-order chi connectivity index (χ0) is 12.4. The lowest BCUT2D eigenvalue weighted by Crippen LogP contribution is -2.08. The smallest absolute Gasteiger partial charge is 0.245 e. The van der Waals surface area contributed by atoms with Crippen LogP contribution < -0.4 is 5.55 Å². The minimum atomic E-state index is -0.331. The van der Waals surface area contributed by atoms with Crippen LogP contribution in [0.2, 0.25) is 0 Å². The second-order valence-corrected chi connectivity index (χ2v) is 3.63. The molecule has 0 unspecified atom stereocenters. The Hall–Kier alpha value is -2.41. The van der Waals surface area contributed by atoms with Gasteiger partial charge in [-0.15, -0.1) is 0 Å². The standard InChI is InChI=1S/C13H10N2O2/c1-8-12(7-14)10-5-3-4-6-11(10)13(17-8)15-9(2)16/h3-6H,1-2H3. The summed E-state index contributed by atoms with van der Waals surface area (Å²) in [5, 5.41) is 10.5. The molecule has 1 heterocycles. The number of aryl methyl sites for hydroxylation is 1. The van der Waals surface area contributed by atoms with Crippen molar-refractivity contribution in [2.75, 3.05) is 0 Å². The number of hydrogen-bond acceptors (Lipinski definition) is 3. The van der Waals surface area contributed by atoms with E-state index in [-0.39, 0.29) is 11.5 Å². The van der Waals surface area contributed by atoms with Crippen LogP contribution in [0.25, 0.3) is 10.8 Å². The Morgan fingerprint density at radius 3 is 2.59 bits per heavy atom. The molecule has 0 radical (unpaired) electrons. The lowest BCUT2D eigenvalue weighted by atomic mass is 10.1. The fourth-order valence-electron chi connectivity index (χ4n) is 1.69. The molecule has 4 heteroatoms. The third-order valence-electron chi connectivity index (χ3n) is 2.40. The predicted molar refractivity (Wildman–Crippen MR) is 61.9 cm³/mol. The van der Waals surface area contributed by atoms with Gasteiger partial charge < -0.3 is 4.42 Å². The van der Waals surface area contributed by atoms with E-state index in [0.717, 1.165) is 5.39 Å². The van der Waals surface area contributed by atoms with Crippen molar-refractivity contribution in [2.45, 2.75) is 13.8 Å². The van der Waals surface area contributed by atoms with Gasteiger partial charge in [0.05, 0.1) is 5.56 Å². The Labute approximate surface area is 97.8 Å². The van der Waals surface area contributed by atoms with Gasteiger partial charge in [-0.05, 0) is 13.0 Å². The van der Waals surface area contributed by atoms with Crippen molar-refractivity contribution in [3.05, 3.63) is 41.1 Å². The number of carbonyl (C=O) groups excluding carboxylic acids is 1. The van der Waals surface area contributed by atoms with Crippen molar-refractivity contribution >= 4 is 16.7 Å². The van der Waals surface area contributed by atoms with Crippen LogP contribution in [0.15, 0.2) is 33.7 Å². The maximum absolute atomic E-state index is 11.0. The minimum Gasteiger partial charge on any atom is -0.442 e. The van der Waals surface area contributed by atoms with Gasteiger partial charge in [0.25, 0.3) is 0 Å². The van der Waals surface area contributed by atoms with Crippen molar-refractivity contribution in [2.24, 2.45) is 4.99 Å². The summed E-state index contributed by atoms with van der Waals surface area (Å²) in [6.07, 6.45) is 0. The lowest BCUT2D eigenvalue weighted by Gasteiger charge is -2.02. The van der Waals surface area contributed by atoms with E-state index in [1.165, 1.54) is 6.92 Å². The summed E-state index contributed by atoms with van der Waals surface area (Å²) in [5.41, 5.74) is 0.729. The molecule has 17 heavy (non-hydrogen) atoms. The van der Waals surface area contributed by atoms with Crippen molar-refractivity contribution in [3.8, 4) is 6.07 Å². The third kappa shape index (κ3) is 1.95. The summed E-state index contributed by atoms with van der Waals surface area (Å²) < 4.78 is 5.41. The van der Waals surface area contributed by atoms with Gasteiger partial charge in [-0.3, -0.25) is 4.79 Å². The molecule has 2 rings (SSSR count). The molecular formula is C13H10N2O2. The second kappa shape index (κ2) is 4.22. The number of fused-ring (bicyclic) bond motifs is 1. The molecule has 2 aromatic rings. The van der Waals surface area contributed by atoms with E-state index in [0.29, 0.717) is 16.7 Å². The Kier molecular flexibility index (Phi) is 2.75. The molecule has 0 N–H and O–H groups in total. The van der Waals surface area contributed by atoms with Gasteiger partial charge in [0.2, 0.25) is 11.5 Å². The third-order valence-corrected chi connectivity index (χ3v) is 2.40. The first-order chi connectivity index (χ1) is 8.13. The van der Waals surface area contributed by atoms with Crippen molar-refractivity contribution in [1.29, 1.82) is 5.26 Å². The van der Waals surface area contributed by atoms with Gasteiger partial charge in [-0.25, -0.2) is 0 Å². The molecule has 0 bridgehead atoms. The Morgan fingerprint density at radius 1 is 1.35 bits per heavy atom. The molecule has 4 nitrogen and oxygen atoms in total. The van der Waals surface area contributed by atoms with E-state index in [2.05, 4.69) is 11.1 Å². The summed E-state index contributed by atoms with van der Waals surface area (Å²) in [6, 6.07) is 9.34. The monoisotopic (exact) mass is 226 g/mol. The van der Waals surface area contributed by atoms with E-state index in [1.54, 1.807) is 13.0 Å². The van der Waals surface area contributed by atoms with Gasteiger partial charge in [0, 0.05) is 17.7 Å². The molecule has 1 amide bonds. The molecule has 0 aliphatic rings. The van der Waals surface area contributed by atoms with Gasteiger partial charge >= 0.3 is 0 Å². The molecule has 1 aromatic carbocycles. The highest BCUT2D eigenvalue weighted by Gasteiger charge is 2.08. The van der Waals surface area contributed by atoms with Crippen LogP contribution in [-0.4, -0.2) is 5.91 Å². The summed E-state index contributed by atoms with van der Waals surface area (Å²) in [6.45, 7) is 3.04. The largest absolute Gasteiger partial charge is 0.442 e. The van der Waals surface area contributed by atoms with E-state index < -0.39 is 0 Å². The van der Waals surface area contributed by atoms with Gasteiger partial charge in [0.1, 0.15) is 11.8 Å². The summed E-state index contributed by atoms with van der Waals surface area (Å²) >= 11 is 0. The van der Waals surface area contributed by atoms with Gasteiger partial charge in [-0.2, -0.15) is 10.3 Å². The Morgan fingerprint density at radius 2 is 2.00 bits per heavy atom. The number of nitriles is 1. The molecule has 0 atom stereocenters. The number of amides is 1. The quantitative estimate of drug-likeness (QED) is 0.690. The average molecular weight is 226 g/mol. The maximum Gasteiger partial charge on any atom is 0.245 e. The van der Waals surface area contributed by atoms with Gasteiger partial charge in [-0.1, -0.05) is 18.2 Å². The van der Waals surface area contributed by atoms with Gasteiger partial charge in [0.15, 0.2) is 0 Å². The molecule has 0 saturated heterocycles. The number of hydrogen-bond donors (Lipinski definition) is 0. The number of benzene rings is 1. The SMILES string of the molecule is CC(=O)N=c1oc(C)c(C#N)c2ccccc12. The molecular weight excluding hydrogens is 216 g/mol. The Balaban J connectivity index is 3.00. The van der Waals surface area contributed by atoms with Crippen LogP contribution >= 0.6 is 0 Å². The predicted octanol–water partition coefficient (Wildman–Crippen LogP) is 2.06. The lowest BCUT2D eigenvalue weighted by molar-refractivity contribution is -0.116. The molecule has 84 valence electrons. The van der Waals surface area contributed by atoms with Crippen LogP contribution in [0.3, 0.4) is 0 Å². The molecule has 0 aliphatic heterocycles. The van der Waals surface area contributed by atoms with E-state index in [9.17, 15) is 4.79 Å². The Bertz CT molecular complexity index is 705.